The van der Waals surface area contributed by atoms with Gasteiger partial charge in [0.15, 0.2) is 11.5 Å². The maximum Gasteiger partial charge on any atom is 0.401 e. The Labute approximate surface area is 159 Å². The molecule has 0 unspecified atom stereocenters. The summed E-state index contributed by atoms with van der Waals surface area (Å²) in [6.07, 6.45) is -0.188. The summed E-state index contributed by atoms with van der Waals surface area (Å²) in [4.78, 5) is 13.2. The first kappa shape index (κ1) is 19.8. The van der Waals surface area contributed by atoms with Crippen molar-refractivity contribution in [2.75, 3.05) is 33.0 Å². The van der Waals surface area contributed by atoms with E-state index in [9.17, 15) is 18.0 Å². The van der Waals surface area contributed by atoms with Gasteiger partial charge in [-0.25, -0.2) is 4.79 Å². The molecule has 27 heavy (non-hydrogen) atoms. The van der Waals surface area contributed by atoms with Crippen molar-refractivity contribution < 1.29 is 32.2 Å². The second kappa shape index (κ2) is 8.39. The molecule has 0 N–H and O–H groups in total. The molecule has 1 fully saturated rings. The van der Waals surface area contributed by atoms with E-state index in [0.29, 0.717) is 48.0 Å². The van der Waals surface area contributed by atoms with E-state index in [1.54, 1.807) is 18.2 Å². The fourth-order valence-corrected chi connectivity index (χ4v) is 3.33. The van der Waals surface area contributed by atoms with Crippen molar-refractivity contribution >= 4 is 23.6 Å². The van der Waals surface area contributed by atoms with Crippen LogP contribution in [0.5, 0.6) is 11.5 Å². The van der Waals surface area contributed by atoms with Crippen LogP contribution < -0.4 is 9.47 Å². The number of hydrogen-bond acceptors (Lipinski definition) is 5. The van der Waals surface area contributed by atoms with Gasteiger partial charge < -0.3 is 14.2 Å². The SMILES string of the molecule is O=C(/C=C/c1cc(Cl)c2c(c1)OCO2)OCC1CCN(CC(F)(F)F)CC1. The third-order valence-electron chi connectivity index (χ3n) is 4.43. The number of hydrogen-bond donors (Lipinski definition) is 0. The molecular weight excluding hydrogens is 387 g/mol. The fraction of sp³-hybridized carbons (Fsp3) is 0.500. The number of nitrogens with zero attached hydrogens (tertiary/aromatic N) is 1. The first-order valence-electron chi connectivity index (χ1n) is 8.53. The van der Waals surface area contributed by atoms with Gasteiger partial charge >= 0.3 is 12.1 Å². The smallest absolute Gasteiger partial charge is 0.401 e. The molecule has 1 aromatic rings. The fourth-order valence-electron chi connectivity index (χ4n) is 3.06. The maximum absolute atomic E-state index is 12.4. The summed E-state index contributed by atoms with van der Waals surface area (Å²) < 4.78 is 52.8. The Balaban J connectivity index is 1.43. The van der Waals surface area contributed by atoms with Gasteiger partial charge in [0.05, 0.1) is 18.2 Å². The molecule has 0 spiro atoms. The molecule has 148 valence electrons. The van der Waals surface area contributed by atoms with Gasteiger partial charge in [0.1, 0.15) is 0 Å². The van der Waals surface area contributed by atoms with E-state index in [4.69, 9.17) is 25.8 Å². The van der Waals surface area contributed by atoms with E-state index in [1.165, 1.54) is 11.0 Å². The number of rotatable bonds is 5. The van der Waals surface area contributed by atoms with Crippen LogP contribution in [0.15, 0.2) is 18.2 Å². The monoisotopic (exact) mass is 405 g/mol. The Bertz CT molecular complexity index is 715. The Hall–Kier alpha value is -1.93. The highest BCUT2D eigenvalue weighted by molar-refractivity contribution is 6.32. The van der Waals surface area contributed by atoms with Crippen LogP contribution in [0.25, 0.3) is 6.08 Å². The number of benzene rings is 1. The number of halogens is 4. The van der Waals surface area contributed by atoms with Crippen molar-refractivity contribution in [1.82, 2.24) is 4.90 Å². The summed E-state index contributed by atoms with van der Waals surface area (Å²) in [6.45, 7) is 0.123. The number of piperidine rings is 1. The van der Waals surface area contributed by atoms with Crippen LogP contribution in [0.3, 0.4) is 0 Å². The van der Waals surface area contributed by atoms with E-state index in [0.717, 1.165) is 0 Å². The van der Waals surface area contributed by atoms with Gasteiger partial charge in [0.2, 0.25) is 6.79 Å². The molecule has 0 bridgehead atoms. The van der Waals surface area contributed by atoms with Crippen LogP contribution in [0, 0.1) is 5.92 Å². The highest BCUT2D eigenvalue weighted by atomic mass is 35.5. The summed E-state index contributed by atoms with van der Waals surface area (Å²) in [5, 5.41) is 0.392. The predicted octanol–water partition coefficient (Wildman–Crippen LogP) is 3.90. The first-order chi connectivity index (χ1) is 12.8. The molecule has 2 aliphatic heterocycles. The number of esters is 1. The Morgan fingerprint density at radius 3 is 2.74 bits per heavy atom. The van der Waals surface area contributed by atoms with Crippen molar-refractivity contribution in [2.45, 2.75) is 19.0 Å². The molecule has 0 atom stereocenters. The van der Waals surface area contributed by atoms with Crippen molar-refractivity contribution in [1.29, 1.82) is 0 Å². The van der Waals surface area contributed by atoms with E-state index in [1.807, 2.05) is 0 Å². The molecule has 0 amide bonds. The molecule has 2 aliphatic rings. The summed E-state index contributed by atoms with van der Waals surface area (Å²) in [5.41, 5.74) is 0.668. The number of ether oxygens (including phenoxy) is 3. The Morgan fingerprint density at radius 2 is 2.04 bits per heavy atom. The van der Waals surface area contributed by atoms with Crippen LogP contribution in [0.1, 0.15) is 18.4 Å². The van der Waals surface area contributed by atoms with Crippen LogP contribution in [-0.4, -0.2) is 50.1 Å². The molecule has 1 saturated heterocycles. The molecule has 0 aliphatic carbocycles. The summed E-state index contributed by atoms with van der Waals surface area (Å²) in [7, 11) is 0. The van der Waals surface area contributed by atoms with Gasteiger partial charge in [0, 0.05) is 6.08 Å². The molecule has 1 aromatic carbocycles. The van der Waals surface area contributed by atoms with E-state index in [-0.39, 0.29) is 19.3 Å². The number of carbonyl (C=O) groups is 1. The van der Waals surface area contributed by atoms with Crippen LogP contribution in [0.4, 0.5) is 13.2 Å². The number of fused-ring (bicyclic) bond motifs is 1. The largest absolute Gasteiger partial charge is 0.462 e. The van der Waals surface area contributed by atoms with Gasteiger partial charge in [0.25, 0.3) is 0 Å². The van der Waals surface area contributed by atoms with E-state index < -0.39 is 18.7 Å². The Kier molecular flexibility index (Phi) is 6.16. The van der Waals surface area contributed by atoms with Crippen LogP contribution >= 0.6 is 11.6 Å². The topological polar surface area (TPSA) is 48.0 Å². The number of alkyl halides is 3. The van der Waals surface area contributed by atoms with Crippen LogP contribution in [-0.2, 0) is 9.53 Å². The summed E-state index contributed by atoms with van der Waals surface area (Å²) in [6, 6.07) is 3.35. The zero-order valence-corrected chi connectivity index (χ0v) is 15.2. The van der Waals surface area contributed by atoms with Crippen LogP contribution in [0.2, 0.25) is 5.02 Å². The van der Waals surface area contributed by atoms with Gasteiger partial charge in [-0.3, -0.25) is 4.90 Å². The maximum atomic E-state index is 12.4. The van der Waals surface area contributed by atoms with Gasteiger partial charge in [-0.1, -0.05) is 11.6 Å². The first-order valence-corrected chi connectivity index (χ1v) is 8.91. The molecule has 3 rings (SSSR count). The third-order valence-corrected chi connectivity index (χ3v) is 4.71. The Morgan fingerprint density at radius 1 is 1.30 bits per heavy atom. The second-order valence-corrected chi connectivity index (χ2v) is 6.94. The molecule has 2 heterocycles. The van der Waals surface area contributed by atoms with E-state index >= 15 is 0 Å². The normalized spacial score (nSPS) is 18.2. The zero-order chi connectivity index (χ0) is 19.4. The average Bonchev–Trinajstić information content (AvgIpc) is 3.07. The standard InChI is InChI=1S/C18H19ClF3NO4/c19-14-7-13(8-15-17(14)27-11-26-15)1-2-16(24)25-9-12-3-5-23(6-4-12)10-18(20,21)22/h1-2,7-8,12H,3-6,9-11H2/b2-1+. The summed E-state index contributed by atoms with van der Waals surface area (Å²) >= 11 is 6.08. The lowest BCUT2D eigenvalue weighted by Crippen LogP contribution is -2.40. The highest BCUT2D eigenvalue weighted by Gasteiger charge is 2.32. The third kappa shape index (κ3) is 5.77. The number of carbonyl (C=O) groups excluding carboxylic acids is 1. The molecule has 0 aromatic heterocycles. The van der Waals surface area contributed by atoms with Crippen molar-refractivity contribution in [3.8, 4) is 11.5 Å². The molecule has 0 radical (unpaired) electrons. The molecule has 9 heteroatoms. The highest BCUT2D eigenvalue weighted by Crippen LogP contribution is 2.40. The second-order valence-electron chi connectivity index (χ2n) is 6.53. The minimum absolute atomic E-state index is 0.0758. The van der Waals surface area contributed by atoms with Crippen molar-refractivity contribution in [3.05, 3.63) is 28.8 Å². The van der Waals surface area contributed by atoms with Gasteiger partial charge in [-0.2, -0.15) is 13.2 Å². The lowest BCUT2D eigenvalue weighted by Gasteiger charge is -2.31. The minimum atomic E-state index is -4.18. The molecular formula is C18H19ClF3NO4. The van der Waals surface area contributed by atoms with E-state index in [2.05, 4.69) is 0 Å². The van der Waals surface area contributed by atoms with Crippen molar-refractivity contribution in [2.24, 2.45) is 5.92 Å². The van der Waals surface area contributed by atoms with Gasteiger partial charge in [-0.05, 0) is 55.6 Å². The predicted molar refractivity (Wildman–Crippen MR) is 92.8 cm³/mol. The quantitative estimate of drug-likeness (QED) is 0.549. The number of likely N-dealkylation sites (tertiary alicyclic amines) is 1. The summed E-state index contributed by atoms with van der Waals surface area (Å²) in [5.74, 6) is 0.558. The minimum Gasteiger partial charge on any atom is -0.462 e. The molecule has 0 saturated carbocycles. The lowest BCUT2D eigenvalue weighted by molar-refractivity contribution is -0.149. The lowest BCUT2D eigenvalue weighted by atomic mass is 9.98. The van der Waals surface area contributed by atoms with Crippen molar-refractivity contribution in [3.63, 3.8) is 0 Å². The average molecular weight is 406 g/mol. The van der Waals surface area contributed by atoms with Gasteiger partial charge in [-0.15, -0.1) is 0 Å². The molecule has 5 nitrogen and oxygen atoms in total. The zero-order valence-electron chi connectivity index (χ0n) is 14.4.